The highest BCUT2D eigenvalue weighted by atomic mass is 19.4. The molecule has 0 aliphatic carbocycles. The Labute approximate surface area is 237 Å². The highest BCUT2D eigenvalue weighted by molar-refractivity contribution is 5.93. The number of benzene rings is 2. The fraction of sp³-hybridized carbons (Fsp3) is 0.533. The van der Waals surface area contributed by atoms with Gasteiger partial charge < -0.3 is 5.11 Å². The zero-order chi connectivity index (χ0) is 32.0. The van der Waals surface area contributed by atoms with Gasteiger partial charge in [0.2, 0.25) is 0 Å². The smallest absolute Gasteiger partial charge is 0.416 e. The molecule has 0 unspecified atom stereocenters. The summed E-state index contributed by atoms with van der Waals surface area (Å²) in [5.74, 6) is -1.97. The number of hydrogen-bond donors (Lipinski definition) is 1. The number of hydroxylamine groups is 2. The van der Waals surface area contributed by atoms with Gasteiger partial charge in [0, 0.05) is 12.6 Å². The highest BCUT2D eigenvalue weighted by Crippen LogP contribution is 2.36. The number of carboxylic acids is 1. The van der Waals surface area contributed by atoms with E-state index < -0.39 is 35.4 Å². The number of halogens is 6. The van der Waals surface area contributed by atoms with Gasteiger partial charge in [-0.1, -0.05) is 53.7 Å². The minimum atomic E-state index is -4.53. The molecule has 1 amide bonds. The normalized spacial score (nSPS) is 12.4. The Balaban J connectivity index is 0.000000414. The topological polar surface area (TPSA) is 66.8 Å². The molecule has 0 fully saturated rings. The number of hydrogen-bond acceptors (Lipinski definition) is 3. The summed E-state index contributed by atoms with van der Waals surface area (Å²) < 4.78 is 78.5. The van der Waals surface area contributed by atoms with E-state index in [4.69, 9.17) is 9.94 Å². The molecule has 0 radical (unpaired) electrons. The van der Waals surface area contributed by atoms with Gasteiger partial charge in [0.05, 0.1) is 23.8 Å². The van der Waals surface area contributed by atoms with Crippen molar-refractivity contribution in [2.75, 3.05) is 14.2 Å². The first-order valence-electron chi connectivity index (χ1n) is 12.9. The van der Waals surface area contributed by atoms with E-state index in [1.807, 2.05) is 41.5 Å². The lowest BCUT2D eigenvalue weighted by molar-refractivity contribution is -0.139. The lowest BCUT2D eigenvalue weighted by Gasteiger charge is -2.21. The molecule has 2 aromatic carbocycles. The molecule has 0 saturated heterocycles. The van der Waals surface area contributed by atoms with Crippen LogP contribution < -0.4 is 0 Å². The Hall–Kier alpha value is -3.08. The first-order valence-corrected chi connectivity index (χ1v) is 12.9. The van der Waals surface area contributed by atoms with E-state index in [2.05, 4.69) is 0 Å². The predicted molar refractivity (Wildman–Crippen MR) is 145 cm³/mol. The van der Waals surface area contributed by atoms with E-state index in [1.165, 1.54) is 38.4 Å². The summed E-state index contributed by atoms with van der Waals surface area (Å²) >= 11 is 0. The van der Waals surface area contributed by atoms with Crippen LogP contribution in [-0.2, 0) is 30.0 Å². The van der Waals surface area contributed by atoms with Crippen molar-refractivity contribution in [2.45, 2.75) is 79.6 Å². The summed E-state index contributed by atoms with van der Waals surface area (Å²) in [4.78, 5) is 27.4. The molecular formula is C30H39F6NO4. The summed E-state index contributed by atoms with van der Waals surface area (Å²) in [6, 6.07) is 6.88. The van der Waals surface area contributed by atoms with Gasteiger partial charge in [-0.3, -0.25) is 9.63 Å². The molecule has 2 rings (SSSR count). The van der Waals surface area contributed by atoms with Gasteiger partial charge in [-0.2, -0.15) is 26.3 Å². The first-order chi connectivity index (χ1) is 18.5. The molecule has 0 aromatic heterocycles. The van der Waals surface area contributed by atoms with Crippen LogP contribution in [-0.4, -0.2) is 36.2 Å². The van der Waals surface area contributed by atoms with E-state index >= 15 is 0 Å². The van der Waals surface area contributed by atoms with Gasteiger partial charge in [-0.25, -0.2) is 9.86 Å². The number of aromatic carboxylic acids is 1. The summed E-state index contributed by atoms with van der Waals surface area (Å²) in [7, 11) is 2.63. The third-order valence-electron chi connectivity index (χ3n) is 6.17. The quantitative estimate of drug-likeness (QED) is 0.258. The summed E-state index contributed by atoms with van der Waals surface area (Å²) in [6.07, 6.45) is -7.21. The minimum absolute atomic E-state index is 0.0452. The molecule has 1 N–H and O–H groups in total. The minimum Gasteiger partial charge on any atom is -0.478 e. The number of carbonyl (C=O) groups is 2. The Morgan fingerprint density at radius 1 is 0.732 bits per heavy atom. The van der Waals surface area contributed by atoms with Crippen LogP contribution in [0.1, 0.15) is 97.4 Å². The van der Waals surface area contributed by atoms with Crippen molar-refractivity contribution in [3.05, 3.63) is 69.8 Å². The second-order valence-corrected chi connectivity index (χ2v) is 12.2. The largest absolute Gasteiger partial charge is 0.478 e. The van der Waals surface area contributed by atoms with E-state index in [0.717, 1.165) is 11.1 Å². The van der Waals surface area contributed by atoms with Crippen LogP contribution in [0.4, 0.5) is 26.3 Å². The number of rotatable bonds is 7. The third kappa shape index (κ3) is 12.1. The van der Waals surface area contributed by atoms with Crippen molar-refractivity contribution in [1.29, 1.82) is 0 Å². The maximum absolute atomic E-state index is 13.2. The molecule has 2 aromatic rings. The number of amides is 1. The van der Waals surface area contributed by atoms with Gasteiger partial charge in [-0.05, 0) is 71.9 Å². The fourth-order valence-electron chi connectivity index (χ4n) is 3.67. The Morgan fingerprint density at radius 2 is 1.10 bits per heavy atom. The second kappa shape index (κ2) is 13.7. The standard InChI is InChI=1S/C16H22F3NO2.C14H17F3O2/c1-15(2,3)9-8-11-6-7-12(14(21)20(4)22-5)10-13(11)16(17,18)19;1-13(2,3)7-6-9-4-5-10(12(18)19)8-11(9)14(15,16)17/h6-7,10H,8-9H2,1-5H3;4-5,8H,6-7H2,1-3H3,(H,18,19). The molecule has 11 heteroatoms. The first kappa shape index (κ1) is 35.9. The van der Waals surface area contributed by atoms with E-state index in [9.17, 15) is 35.9 Å². The molecule has 230 valence electrons. The van der Waals surface area contributed by atoms with Crippen molar-refractivity contribution in [1.82, 2.24) is 5.06 Å². The summed E-state index contributed by atoms with van der Waals surface area (Å²) in [5.41, 5.74) is -1.78. The molecule has 0 bridgehead atoms. The zero-order valence-electron chi connectivity index (χ0n) is 24.7. The van der Waals surface area contributed by atoms with E-state index in [-0.39, 0.29) is 39.5 Å². The third-order valence-corrected chi connectivity index (χ3v) is 6.17. The second-order valence-electron chi connectivity index (χ2n) is 12.2. The van der Waals surface area contributed by atoms with Crippen molar-refractivity contribution in [2.24, 2.45) is 10.8 Å². The van der Waals surface area contributed by atoms with Crippen LogP contribution in [0, 0.1) is 10.8 Å². The average molecular weight is 592 g/mol. The van der Waals surface area contributed by atoms with Gasteiger partial charge in [0.1, 0.15) is 0 Å². The molecule has 41 heavy (non-hydrogen) atoms. The predicted octanol–water partition coefficient (Wildman–Crippen LogP) is 8.70. The van der Waals surface area contributed by atoms with Crippen molar-refractivity contribution in [3.63, 3.8) is 0 Å². The Morgan fingerprint density at radius 3 is 1.41 bits per heavy atom. The zero-order valence-corrected chi connectivity index (χ0v) is 24.7. The van der Waals surface area contributed by atoms with Crippen molar-refractivity contribution in [3.8, 4) is 0 Å². The van der Waals surface area contributed by atoms with Crippen LogP contribution in [0.3, 0.4) is 0 Å². The molecule has 0 atom stereocenters. The Bertz CT molecular complexity index is 1190. The molecule has 0 spiro atoms. The average Bonchev–Trinajstić information content (AvgIpc) is 2.83. The lowest BCUT2D eigenvalue weighted by atomic mass is 9.87. The summed E-state index contributed by atoms with van der Waals surface area (Å²) in [6.45, 7) is 11.8. The molecule has 0 aliphatic rings. The molecule has 0 saturated carbocycles. The van der Waals surface area contributed by atoms with Crippen molar-refractivity contribution >= 4 is 11.9 Å². The van der Waals surface area contributed by atoms with Gasteiger partial charge in [-0.15, -0.1) is 0 Å². The number of carbonyl (C=O) groups excluding carboxylic acids is 1. The van der Waals surface area contributed by atoms with Crippen LogP contribution in [0.2, 0.25) is 0 Å². The van der Waals surface area contributed by atoms with Crippen LogP contribution in [0.25, 0.3) is 0 Å². The van der Waals surface area contributed by atoms with Gasteiger partial charge in [0.15, 0.2) is 0 Å². The Kier molecular flexibility index (Phi) is 12.0. The van der Waals surface area contributed by atoms with E-state index in [0.29, 0.717) is 25.3 Å². The molecule has 0 aliphatic heterocycles. The van der Waals surface area contributed by atoms with Gasteiger partial charge >= 0.3 is 18.3 Å². The molecule has 5 nitrogen and oxygen atoms in total. The maximum Gasteiger partial charge on any atom is 0.416 e. The fourth-order valence-corrected chi connectivity index (χ4v) is 3.67. The van der Waals surface area contributed by atoms with Crippen LogP contribution in [0.5, 0.6) is 0 Å². The summed E-state index contributed by atoms with van der Waals surface area (Å²) in [5, 5.41) is 9.65. The number of alkyl halides is 6. The van der Waals surface area contributed by atoms with Crippen molar-refractivity contribution < 1.29 is 45.9 Å². The number of aryl methyl sites for hydroxylation is 2. The monoisotopic (exact) mass is 591 g/mol. The highest BCUT2D eigenvalue weighted by Gasteiger charge is 2.35. The molecular weight excluding hydrogens is 552 g/mol. The SMILES string of the molecule is CC(C)(C)CCc1ccc(C(=O)O)cc1C(F)(F)F.CON(C)C(=O)c1ccc(CCC(C)(C)C)c(C(F)(F)F)c1. The molecule has 0 heterocycles. The van der Waals surface area contributed by atoms with Gasteiger partial charge in [0.25, 0.3) is 5.91 Å². The number of nitrogens with zero attached hydrogens (tertiary/aromatic N) is 1. The maximum atomic E-state index is 13.2. The lowest BCUT2D eigenvalue weighted by Crippen LogP contribution is -2.26. The van der Waals surface area contributed by atoms with Crippen LogP contribution >= 0.6 is 0 Å². The van der Waals surface area contributed by atoms with E-state index in [1.54, 1.807) is 0 Å². The number of carboxylic acid groups (broad SMARTS) is 1. The van der Waals surface area contributed by atoms with Crippen LogP contribution in [0.15, 0.2) is 36.4 Å².